The number of guanidine groups is 1. The van der Waals surface area contributed by atoms with Crippen LogP contribution in [0.5, 0.6) is 5.75 Å². The van der Waals surface area contributed by atoms with Crippen LogP contribution in [0.15, 0.2) is 29.3 Å². The number of amides is 1. The average molecular weight is 366 g/mol. The molecule has 2 aliphatic rings. The maximum absolute atomic E-state index is 12.6. The zero-order chi connectivity index (χ0) is 18.6. The highest BCUT2D eigenvalue weighted by Gasteiger charge is 2.45. The summed E-state index contributed by atoms with van der Waals surface area (Å²) in [4.78, 5) is 20.6. The molecule has 0 unspecified atom stereocenters. The van der Waals surface area contributed by atoms with Gasteiger partial charge in [0.15, 0.2) is 5.96 Å². The lowest BCUT2D eigenvalue weighted by molar-refractivity contribution is -0.133. The van der Waals surface area contributed by atoms with E-state index in [-0.39, 0.29) is 17.8 Å². The zero-order valence-corrected chi connectivity index (χ0v) is 15.6. The van der Waals surface area contributed by atoms with Crippen LogP contribution in [-0.2, 0) is 16.9 Å². The van der Waals surface area contributed by atoms with Crippen LogP contribution in [0.4, 0.5) is 0 Å². The quantitative estimate of drug-likeness (QED) is 0.840. The first kappa shape index (κ1) is 16.6. The summed E-state index contributed by atoms with van der Waals surface area (Å²) in [7, 11) is 1.64. The van der Waals surface area contributed by atoms with E-state index in [4.69, 9.17) is 10.5 Å². The molecule has 2 N–H and O–H groups in total. The van der Waals surface area contributed by atoms with Crippen molar-refractivity contribution in [2.24, 2.45) is 16.6 Å². The summed E-state index contributed by atoms with van der Waals surface area (Å²) in [6.45, 7) is 4.29. The molecule has 1 aromatic heterocycles. The lowest BCUT2D eigenvalue weighted by Crippen LogP contribution is -2.52. The highest BCUT2D eigenvalue weighted by Crippen LogP contribution is 2.48. The number of carbonyl (C=O) groups excluding carboxylic acids is 1. The van der Waals surface area contributed by atoms with Crippen molar-refractivity contribution in [3.05, 3.63) is 39.6 Å². The van der Waals surface area contributed by atoms with Gasteiger partial charge in [-0.15, -0.1) is 11.3 Å². The van der Waals surface area contributed by atoms with E-state index in [1.165, 1.54) is 4.90 Å². The SMILES string of the molecule is C[C@H]1C(=O)N(C)C(N)=N[C@]1(C)c1cc2c(s1)COc1ccc(C#N)cc1-2. The Morgan fingerprint density at radius 1 is 1.42 bits per heavy atom. The van der Waals surface area contributed by atoms with Crippen molar-refractivity contribution in [2.75, 3.05) is 7.05 Å². The minimum absolute atomic E-state index is 0.0465. The van der Waals surface area contributed by atoms with Gasteiger partial charge in [0.25, 0.3) is 0 Å². The Labute approximate surface area is 155 Å². The van der Waals surface area contributed by atoms with Crippen molar-refractivity contribution in [1.82, 2.24) is 4.90 Å². The third-order valence-corrected chi connectivity index (χ3v) is 6.64. The molecule has 0 radical (unpaired) electrons. The molecular formula is C19H18N4O2S. The van der Waals surface area contributed by atoms with Gasteiger partial charge >= 0.3 is 0 Å². The van der Waals surface area contributed by atoms with Gasteiger partial charge in [0, 0.05) is 23.1 Å². The number of nitrogens with two attached hydrogens (primary N) is 1. The van der Waals surface area contributed by atoms with Crippen molar-refractivity contribution >= 4 is 23.2 Å². The third kappa shape index (κ3) is 2.22. The fourth-order valence-corrected chi connectivity index (χ4v) is 4.68. The van der Waals surface area contributed by atoms with E-state index >= 15 is 0 Å². The predicted octanol–water partition coefficient (Wildman–Crippen LogP) is 2.82. The fourth-order valence-electron chi connectivity index (χ4n) is 3.41. The number of benzene rings is 1. The van der Waals surface area contributed by atoms with Crippen molar-refractivity contribution in [2.45, 2.75) is 26.0 Å². The van der Waals surface area contributed by atoms with Crippen LogP contribution < -0.4 is 10.5 Å². The van der Waals surface area contributed by atoms with Crippen molar-refractivity contribution in [3.8, 4) is 22.9 Å². The topological polar surface area (TPSA) is 91.7 Å². The minimum atomic E-state index is -0.720. The van der Waals surface area contributed by atoms with Crippen LogP contribution >= 0.6 is 11.3 Å². The van der Waals surface area contributed by atoms with Gasteiger partial charge in [-0.3, -0.25) is 9.69 Å². The molecule has 3 heterocycles. The number of fused-ring (bicyclic) bond motifs is 3. The molecule has 6 nitrogen and oxygen atoms in total. The normalized spacial score (nSPS) is 24.2. The second-order valence-electron chi connectivity index (χ2n) is 6.80. The van der Waals surface area contributed by atoms with Crippen LogP contribution in [0, 0.1) is 17.2 Å². The molecule has 4 rings (SSSR count). The molecule has 1 aromatic carbocycles. The molecule has 0 aliphatic carbocycles. The number of hydrogen-bond acceptors (Lipinski definition) is 6. The zero-order valence-electron chi connectivity index (χ0n) is 14.7. The first-order chi connectivity index (χ1) is 12.3. The summed E-state index contributed by atoms with van der Waals surface area (Å²) in [6.07, 6.45) is 0. The van der Waals surface area contributed by atoms with E-state index in [9.17, 15) is 10.1 Å². The molecule has 7 heteroatoms. The van der Waals surface area contributed by atoms with E-state index in [1.807, 2.05) is 26.0 Å². The maximum Gasteiger partial charge on any atom is 0.234 e. The molecule has 26 heavy (non-hydrogen) atoms. The van der Waals surface area contributed by atoms with E-state index in [0.717, 1.165) is 26.6 Å². The first-order valence-electron chi connectivity index (χ1n) is 8.28. The Hall–Kier alpha value is -2.85. The number of aliphatic imine (C=N–C) groups is 1. The Morgan fingerprint density at radius 3 is 2.92 bits per heavy atom. The smallest absolute Gasteiger partial charge is 0.234 e. The fraction of sp³-hybridized carbons (Fsp3) is 0.316. The van der Waals surface area contributed by atoms with Crippen molar-refractivity contribution < 1.29 is 9.53 Å². The first-order valence-corrected chi connectivity index (χ1v) is 9.10. The molecular weight excluding hydrogens is 348 g/mol. The maximum atomic E-state index is 12.6. The van der Waals surface area contributed by atoms with Crippen molar-refractivity contribution in [3.63, 3.8) is 0 Å². The van der Waals surface area contributed by atoms with E-state index < -0.39 is 5.54 Å². The molecule has 1 amide bonds. The molecule has 2 atom stereocenters. The molecule has 0 saturated heterocycles. The van der Waals surface area contributed by atoms with Crippen LogP contribution in [0.2, 0.25) is 0 Å². The number of nitriles is 1. The Bertz CT molecular complexity index is 1000. The highest BCUT2D eigenvalue weighted by molar-refractivity contribution is 7.12. The van der Waals surface area contributed by atoms with E-state index in [0.29, 0.717) is 12.2 Å². The van der Waals surface area contributed by atoms with Gasteiger partial charge in [-0.2, -0.15) is 5.26 Å². The lowest BCUT2D eigenvalue weighted by atomic mass is 9.83. The average Bonchev–Trinajstić information content (AvgIpc) is 3.10. The summed E-state index contributed by atoms with van der Waals surface area (Å²) in [5, 5.41) is 9.19. The minimum Gasteiger partial charge on any atom is -0.487 e. The van der Waals surface area contributed by atoms with Gasteiger partial charge < -0.3 is 10.5 Å². The molecule has 0 saturated carbocycles. The largest absolute Gasteiger partial charge is 0.487 e. The van der Waals surface area contributed by atoms with Crippen LogP contribution in [-0.4, -0.2) is 23.8 Å². The third-order valence-electron chi connectivity index (χ3n) is 5.30. The van der Waals surface area contributed by atoms with Gasteiger partial charge in [-0.1, -0.05) is 6.92 Å². The molecule has 2 aliphatic heterocycles. The van der Waals surface area contributed by atoms with Gasteiger partial charge in [0.05, 0.1) is 22.4 Å². The summed E-state index contributed by atoms with van der Waals surface area (Å²) >= 11 is 1.59. The summed E-state index contributed by atoms with van der Waals surface area (Å²) < 4.78 is 5.83. The molecule has 0 bridgehead atoms. The summed E-state index contributed by atoms with van der Waals surface area (Å²) in [5.74, 6) is 0.618. The molecule has 132 valence electrons. The number of thiophene rings is 1. The molecule has 2 aromatic rings. The molecule has 0 fully saturated rings. The van der Waals surface area contributed by atoms with Crippen LogP contribution in [0.3, 0.4) is 0 Å². The number of ether oxygens (including phenoxy) is 1. The summed E-state index contributed by atoms with van der Waals surface area (Å²) in [5.41, 5.74) is 7.79. The Kier molecular flexibility index (Phi) is 3.56. The van der Waals surface area contributed by atoms with E-state index in [2.05, 4.69) is 17.1 Å². The number of carbonyl (C=O) groups is 1. The van der Waals surface area contributed by atoms with Gasteiger partial charge in [0.2, 0.25) is 5.91 Å². The van der Waals surface area contributed by atoms with Gasteiger partial charge in [0.1, 0.15) is 17.9 Å². The monoisotopic (exact) mass is 366 g/mol. The second-order valence-corrected chi connectivity index (χ2v) is 7.93. The highest BCUT2D eigenvalue weighted by atomic mass is 32.1. The van der Waals surface area contributed by atoms with Gasteiger partial charge in [-0.05, 0) is 31.2 Å². The Morgan fingerprint density at radius 2 is 2.19 bits per heavy atom. The standard InChI is InChI=1S/C19H18N4O2S/c1-10-17(24)23(3)18(21)22-19(10,2)16-7-13-12-6-11(8-20)4-5-14(12)25-9-15(13)26-16/h4-7,10H,9H2,1-3H3,(H2,21,22)/t10-,19-/m0/s1. The lowest BCUT2D eigenvalue weighted by Gasteiger charge is -2.37. The van der Waals surface area contributed by atoms with Crippen LogP contribution in [0.1, 0.15) is 29.2 Å². The Balaban J connectivity index is 1.86. The van der Waals surface area contributed by atoms with Gasteiger partial charge in [-0.25, -0.2) is 4.99 Å². The number of rotatable bonds is 1. The van der Waals surface area contributed by atoms with E-state index in [1.54, 1.807) is 24.5 Å². The van der Waals surface area contributed by atoms with Crippen LogP contribution in [0.25, 0.3) is 11.1 Å². The number of nitrogens with zero attached hydrogens (tertiary/aromatic N) is 3. The summed E-state index contributed by atoms with van der Waals surface area (Å²) in [6, 6.07) is 9.65. The second kappa shape index (κ2) is 5.58. The number of hydrogen-bond donors (Lipinski definition) is 1. The molecule has 0 spiro atoms. The predicted molar refractivity (Wildman–Crippen MR) is 99.7 cm³/mol. The van der Waals surface area contributed by atoms with Crippen molar-refractivity contribution in [1.29, 1.82) is 5.26 Å².